The summed E-state index contributed by atoms with van der Waals surface area (Å²) in [6.07, 6.45) is 0. The summed E-state index contributed by atoms with van der Waals surface area (Å²) in [5.74, 6) is 0. The molecule has 3 nitrogen and oxygen atoms in total. The first-order chi connectivity index (χ1) is 8.52. The first-order valence-electron chi connectivity index (χ1n) is 5.43. The van der Waals surface area contributed by atoms with Gasteiger partial charge in [0, 0.05) is 10.2 Å². The molecule has 0 aliphatic rings. The summed E-state index contributed by atoms with van der Waals surface area (Å²) >= 11 is 4.80. The number of nitriles is 1. The Morgan fingerprint density at radius 3 is 2.44 bits per heavy atom. The molecule has 0 spiro atoms. The van der Waals surface area contributed by atoms with Crippen molar-refractivity contribution < 1.29 is 0 Å². The van der Waals surface area contributed by atoms with Gasteiger partial charge in [-0.15, -0.1) is 0 Å². The maximum Gasteiger partial charge on any atom is 0.132 e. The van der Waals surface area contributed by atoms with Crippen LogP contribution in [-0.2, 0) is 0 Å². The van der Waals surface area contributed by atoms with Crippen molar-refractivity contribution in [3.8, 4) is 6.07 Å². The van der Waals surface area contributed by atoms with Crippen LogP contribution < -0.4 is 5.32 Å². The molecule has 2 aromatic rings. The third-order valence-corrected chi connectivity index (χ3v) is 4.02. The summed E-state index contributed by atoms with van der Waals surface area (Å²) in [6.45, 7) is 5.93. The van der Waals surface area contributed by atoms with E-state index < -0.39 is 0 Å². The van der Waals surface area contributed by atoms with Crippen LogP contribution in [0.1, 0.15) is 22.4 Å². The number of halogens is 1. The number of anilines is 2. The molecule has 0 unspecified atom stereocenters. The zero-order valence-corrected chi connectivity index (χ0v) is 12.7. The smallest absolute Gasteiger partial charge is 0.132 e. The molecule has 0 saturated heterocycles. The minimum Gasteiger partial charge on any atom is -0.344 e. The van der Waals surface area contributed by atoms with E-state index in [2.05, 4.69) is 43.8 Å². The Morgan fingerprint density at radius 2 is 1.89 bits per heavy atom. The molecule has 1 N–H and O–H groups in total. The molecule has 2 rings (SSSR count). The Balaban J connectivity index is 2.44. The van der Waals surface area contributed by atoms with E-state index in [0.717, 1.165) is 32.0 Å². The van der Waals surface area contributed by atoms with Gasteiger partial charge < -0.3 is 5.32 Å². The second-order valence-electron chi connectivity index (χ2n) is 4.12. The number of rotatable bonds is 2. The Hall–Kier alpha value is -1.38. The number of hydrogen-bond donors (Lipinski definition) is 1. The van der Waals surface area contributed by atoms with Gasteiger partial charge in [0.2, 0.25) is 0 Å². The summed E-state index contributed by atoms with van der Waals surface area (Å²) in [5, 5.41) is 13.2. The molecule has 1 heterocycles. The molecular weight excluding hydrogens is 310 g/mol. The molecule has 0 atom stereocenters. The monoisotopic (exact) mass is 321 g/mol. The third kappa shape index (κ3) is 2.40. The van der Waals surface area contributed by atoms with Crippen LogP contribution in [0.15, 0.2) is 16.6 Å². The number of aromatic nitrogens is 1. The summed E-state index contributed by atoms with van der Waals surface area (Å²) in [4.78, 5) is 0. The Bertz CT molecular complexity index is 617. The van der Waals surface area contributed by atoms with Gasteiger partial charge in [0.15, 0.2) is 0 Å². The van der Waals surface area contributed by atoms with E-state index in [4.69, 9.17) is 5.26 Å². The minimum atomic E-state index is 0.627. The maximum absolute atomic E-state index is 9.12. The summed E-state index contributed by atoms with van der Waals surface area (Å²) < 4.78 is 5.27. The van der Waals surface area contributed by atoms with Crippen molar-refractivity contribution in [3.63, 3.8) is 0 Å². The molecule has 0 saturated carbocycles. The lowest BCUT2D eigenvalue weighted by molar-refractivity contribution is 1.31. The minimum absolute atomic E-state index is 0.627. The van der Waals surface area contributed by atoms with E-state index in [1.54, 1.807) is 0 Å². The fourth-order valence-corrected chi connectivity index (χ4v) is 3.25. The van der Waals surface area contributed by atoms with Crippen molar-refractivity contribution in [2.45, 2.75) is 20.8 Å². The average molecular weight is 322 g/mol. The molecule has 0 amide bonds. The van der Waals surface area contributed by atoms with Crippen LogP contribution in [0, 0.1) is 32.1 Å². The second kappa shape index (κ2) is 5.09. The fraction of sp³-hybridized carbons (Fsp3) is 0.231. The Labute approximate surface area is 119 Å². The molecule has 0 bridgehead atoms. The largest absolute Gasteiger partial charge is 0.344 e. The molecule has 92 valence electrons. The lowest BCUT2D eigenvalue weighted by Gasteiger charge is -2.12. The number of nitrogens with zero attached hydrogens (tertiary/aromatic N) is 2. The van der Waals surface area contributed by atoms with E-state index in [1.807, 2.05) is 20.8 Å². The molecule has 0 aliphatic heterocycles. The Kier molecular flexibility index (Phi) is 3.69. The molecule has 18 heavy (non-hydrogen) atoms. The van der Waals surface area contributed by atoms with Crippen LogP contribution in [0.25, 0.3) is 0 Å². The van der Waals surface area contributed by atoms with E-state index in [-0.39, 0.29) is 0 Å². The number of hydrogen-bond acceptors (Lipinski definition) is 4. The van der Waals surface area contributed by atoms with Crippen molar-refractivity contribution in [1.29, 1.82) is 5.26 Å². The van der Waals surface area contributed by atoms with E-state index in [9.17, 15) is 0 Å². The number of nitrogens with one attached hydrogen (secondary N) is 1. The topological polar surface area (TPSA) is 48.7 Å². The number of aryl methyl sites for hydroxylation is 3. The predicted molar refractivity (Wildman–Crippen MR) is 78.5 cm³/mol. The standard InChI is InChI=1S/C13H12BrN3S/c1-7-4-10(14)5-8(2)12(7)16-13-11(6-15)9(3)17-18-13/h4-5,16H,1-3H3. The van der Waals surface area contributed by atoms with E-state index in [1.165, 1.54) is 11.5 Å². The molecule has 0 radical (unpaired) electrons. The highest BCUT2D eigenvalue weighted by atomic mass is 79.9. The van der Waals surface area contributed by atoms with Crippen LogP contribution in [0.2, 0.25) is 0 Å². The van der Waals surface area contributed by atoms with Gasteiger partial charge >= 0.3 is 0 Å². The van der Waals surface area contributed by atoms with Crippen LogP contribution in [0.5, 0.6) is 0 Å². The first-order valence-corrected chi connectivity index (χ1v) is 6.99. The number of benzene rings is 1. The van der Waals surface area contributed by atoms with Crippen molar-refractivity contribution in [2.24, 2.45) is 0 Å². The van der Waals surface area contributed by atoms with Gasteiger partial charge in [-0.3, -0.25) is 0 Å². The summed E-state index contributed by atoms with van der Waals surface area (Å²) in [5.41, 5.74) is 4.71. The van der Waals surface area contributed by atoms with Crippen molar-refractivity contribution in [2.75, 3.05) is 5.32 Å². The van der Waals surface area contributed by atoms with Gasteiger partial charge in [-0.2, -0.15) is 9.64 Å². The quantitative estimate of drug-likeness (QED) is 0.889. The highest BCUT2D eigenvalue weighted by Gasteiger charge is 2.12. The van der Waals surface area contributed by atoms with Gasteiger partial charge in [0.25, 0.3) is 0 Å². The van der Waals surface area contributed by atoms with Gasteiger partial charge in [-0.05, 0) is 55.6 Å². The molecular formula is C13H12BrN3S. The van der Waals surface area contributed by atoms with Gasteiger partial charge in [-0.1, -0.05) is 15.9 Å². The average Bonchev–Trinajstić information content (AvgIpc) is 2.64. The van der Waals surface area contributed by atoms with Crippen LogP contribution >= 0.6 is 27.5 Å². The van der Waals surface area contributed by atoms with E-state index in [0.29, 0.717) is 5.56 Å². The zero-order chi connectivity index (χ0) is 13.3. The molecule has 1 aromatic heterocycles. The molecule has 1 aromatic carbocycles. The van der Waals surface area contributed by atoms with Crippen LogP contribution in [-0.4, -0.2) is 4.37 Å². The van der Waals surface area contributed by atoms with Crippen molar-refractivity contribution >= 4 is 38.2 Å². The van der Waals surface area contributed by atoms with Gasteiger partial charge in [0.05, 0.1) is 5.69 Å². The fourth-order valence-electron chi connectivity index (χ4n) is 1.81. The second-order valence-corrected chi connectivity index (χ2v) is 5.81. The summed E-state index contributed by atoms with van der Waals surface area (Å²) in [6, 6.07) is 6.29. The highest BCUT2D eigenvalue weighted by Crippen LogP contribution is 2.32. The van der Waals surface area contributed by atoms with E-state index >= 15 is 0 Å². The third-order valence-electron chi connectivity index (χ3n) is 2.71. The normalized spacial score (nSPS) is 10.2. The molecule has 0 fully saturated rings. The van der Waals surface area contributed by atoms with Crippen molar-refractivity contribution in [1.82, 2.24) is 4.37 Å². The SMILES string of the molecule is Cc1cc(Br)cc(C)c1Nc1snc(C)c1C#N. The highest BCUT2D eigenvalue weighted by molar-refractivity contribution is 9.10. The van der Waals surface area contributed by atoms with Gasteiger partial charge in [-0.25, -0.2) is 0 Å². The zero-order valence-electron chi connectivity index (χ0n) is 10.3. The lowest BCUT2D eigenvalue weighted by Crippen LogP contribution is -1.96. The van der Waals surface area contributed by atoms with Crippen LogP contribution in [0.3, 0.4) is 0 Å². The summed E-state index contributed by atoms with van der Waals surface area (Å²) in [7, 11) is 0. The lowest BCUT2D eigenvalue weighted by atomic mass is 10.1. The molecule has 0 aliphatic carbocycles. The Morgan fingerprint density at radius 1 is 1.28 bits per heavy atom. The van der Waals surface area contributed by atoms with Crippen molar-refractivity contribution in [3.05, 3.63) is 39.0 Å². The predicted octanol–water partition coefficient (Wildman–Crippen LogP) is 4.45. The van der Waals surface area contributed by atoms with Gasteiger partial charge in [0.1, 0.15) is 16.6 Å². The van der Waals surface area contributed by atoms with Crippen LogP contribution in [0.4, 0.5) is 10.7 Å². The first kappa shape index (κ1) is 13.1. The maximum atomic E-state index is 9.12. The molecule has 5 heteroatoms.